The van der Waals surface area contributed by atoms with Gasteiger partial charge in [0.05, 0.1) is 6.10 Å². The van der Waals surface area contributed by atoms with E-state index in [0.29, 0.717) is 31.0 Å². The summed E-state index contributed by atoms with van der Waals surface area (Å²) >= 11 is 6.22. The van der Waals surface area contributed by atoms with Crippen LogP contribution in [0.5, 0.6) is 0 Å². The van der Waals surface area contributed by atoms with Crippen LogP contribution in [0.2, 0.25) is 5.02 Å². The Labute approximate surface area is 159 Å². The fraction of sp³-hybridized carbons (Fsp3) is 0.579. The van der Waals surface area contributed by atoms with Gasteiger partial charge in [0, 0.05) is 24.5 Å². The highest BCUT2D eigenvalue weighted by Gasteiger charge is 2.30. The molecule has 7 heteroatoms. The van der Waals surface area contributed by atoms with Gasteiger partial charge in [0.2, 0.25) is 5.91 Å². The van der Waals surface area contributed by atoms with E-state index in [-0.39, 0.29) is 18.4 Å². The fourth-order valence-corrected chi connectivity index (χ4v) is 3.05. The summed E-state index contributed by atoms with van der Waals surface area (Å²) in [5, 5.41) is 12.9. The van der Waals surface area contributed by atoms with E-state index >= 15 is 0 Å². The fourth-order valence-electron chi connectivity index (χ4n) is 2.84. The van der Waals surface area contributed by atoms with Crippen LogP contribution in [0.1, 0.15) is 39.2 Å². The third kappa shape index (κ3) is 6.18. The van der Waals surface area contributed by atoms with E-state index in [0.717, 1.165) is 5.56 Å². The van der Waals surface area contributed by atoms with Crippen molar-refractivity contribution in [1.82, 2.24) is 10.2 Å². The largest absolute Gasteiger partial charge is 0.444 e. The van der Waals surface area contributed by atoms with Crippen LogP contribution in [0.15, 0.2) is 24.3 Å². The number of likely N-dealkylation sites (tertiary alicyclic amines) is 1. The van der Waals surface area contributed by atoms with Crippen LogP contribution in [0.3, 0.4) is 0 Å². The molecule has 0 radical (unpaired) electrons. The lowest BCUT2D eigenvalue weighted by atomic mass is 10.0. The number of benzene rings is 1. The zero-order valence-electron chi connectivity index (χ0n) is 15.5. The lowest BCUT2D eigenvalue weighted by Crippen LogP contribution is -2.52. The number of nitrogens with zero attached hydrogens (tertiary/aromatic N) is 1. The van der Waals surface area contributed by atoms with Crippen molar-refractivity contribution >= 4 is 23.6 Å². The predicted octanol–water partition coefficient (Wildman–Crippen LogP) is 2.76. The number of aliphatic hydroxyl groups is 1. The smallest absolute Gasteiger partial charge is 0.408 e. The minimum atomic E-state index is -0.778. The number of amides is 2. The molecule has 2 rings (SSSR count). The Morgan fingerprint density at radius 1 is 1.31 bits per heavy atom. The summed E-state index contributed by atoms with van der Waals surface area (Å²) < 4.78 is 5.30. The molecule has 0 unspecified atom stereocenters. The summed E-state index contributed by atoms with van der Waals surface area (Å²) in [5.74, 6) is -0.192. The minimum Gasteiger partial charge on any atom is -0.444 e. The van der Waals surface area contributed by atoms with Crippen molar-refractivity contribution in [3.63, 3.8) is 0 Å². The molecule has 144 valence electrons. The Morgan fingerprint density at radius 2 is 1.92 bits per heavy atom. The second-order valence-electron chi connectivity index (χ2n) is 7.55. The maximum Gasteiger partial charge on any atom is 0.408 e. The maximum absolute atomic E-state index is 13.0. The van der Waals surface area contributed by atoms with Crippen molar-refractivity contribution in [1.29, 1.82) is 0 Å². The lowest BCUT2D eigenvalue weighted by Gasteiger charge is -2.33. The Hall–Kier alpha value is -1.79. The number of hydrogen-bond donors (Lipinski definition) is 2. The van der Waals surface area contributed by atoms with E-state index in [9.17, 15) is 14.7 Å². The normalized spacial score (nSPS) is 16.9. The molecule has 1 aromatic rings. The number of alkyl carbamates (subject to hydrolysis) is 1. The topological polar surface area (TPSA) is 78.9 Å². The molecule has 1 atom stereocenters. The van der Waals surface area contributed by atoms with Crippen molar-refractivity contribution < 1.29 is 19.4 Å². The van der Waals surface area contributed by atoms with Gasteiger partial charge in [-0.1, -0.05) is 29.8 Å². The standard InChI is InChI=1S/C19H27ClN2O4/c1-19(2,3)26-18(25)21-16(12-13-6-4-5-7-15(13)20)17(24)22-10-8-14(23)9-11-22/h4-7,14,16,23H,8-12H2,1-3H3,(H,21,25)/t16-/m0/s1. The summed E-state index contributed by atoms with van der Waals surface area (Å²) in [6, 6.07) is 6.46. The van der Waals surface area contributed by atoms with Gasteiger partial charge in [-0.3, -0.25) is 4.79 Å². The van der Waals surface area contributed by atoms with Crippen LogP contribution in [0, 0.1) is 0 Å². The highest BCUT2D eigenvalue weighted by molar-refractivity contribution is 6.31. The van der Waals surface area contributed by atoms with Crippen molar-refractivity contribution in [3.8, 4) is 0 Å². The first kappa shape index (κ1) is 20.5. The van der Waals surface area contributed by atoms with E-state index in [1.165, 1.54) is 0 Å². The summed E-state index contributed by atoms with van der Waals surface area (Å²) in [7, 11) is 0. The predicted molar refractivity (Wildman–Crippen MR) is 100 cm³/mol. The van der Waals surface area contributed by atoms with Crippen LogP contribution in [0.25, 0.3) is 0 Å². The maximum atomic E-state index is 13.0. The quantitative estimate of drug-likeness (QED) is 0.839. The molecule has 26 heavy (non-hydrogen) atoms. The van der Waals surface area contributed by atoms with Crippen molar-refractivity contribution in [3.05, 3.63) is 34.9 Å². The summed E-state index contributed by atoms with van der Waals surface area (Å²) in [6.07, 6.45) is 0.338. The van der Waals surface area contributed by atoms with Gasteiger partial charge in [-0.15, -0.1) is 0 Å². The molecular weight excluding hydrogens is 356 g/mol. The molecule has 1 saturated heterocycles. The third-order valence-corrected chi connectivity index (χ3v) is 4.52. The van der Waals surface area contributed by atoms with Gasteiger partial charge in [-0.25, -0.2) is 4.79 Å². The molecule has 6 nitrogen and oxygen atoms in total. The molecule has 0 aromatic heterocycles. The van der Waals surface area contributed by atoms with Crippen LogP contribution in [-0.4, -0.2) is 52.8 Å². The van der Waals surface area contributed by atoms with Gasteiger partial charge in [0.15, 0.2) is 0 Å². The Kier molecular flexibility index (Phi) is 6.89. The first-order valence-electron chi connectivity index (χ1n) is 8.85. The van der Waals surface area contributed by atoms with Crippen LogP contribution >= 0.6 is 11.6 Å². The Bertz CT molecular complexity index is 637. The van der Waals surface area contributed by atoms with Gasteiger partial charge in [0.1, 0.15) is 11.6 Å². The number of ether oxygens (including phenoxy) is 1. The van der Waals surface area contributed by atoms with Crippen molar-refractivity contribution in [2.24, 2.45) is 0 Å². The number of carbonyl (C=O) groups is 2. The molecule has 0 saturated carbocycles. The number of hydrogen-bond acceptors (Lipinski definition) is 4. The average molecular weight is 383 g/mol. The van der Waals surface area contributed by atoms with E-state index in [1.54, 1.807) is 31.7 Å². The molecule has 0 aliphatic carbocycles. The first-order chi connectivity index (χ1) is 12.2. The number of rotatable bonds is 4. The Balaban J connectivity index is 2.13. The second-order valence-corrected chi connectivity index (χ2v) is 7.96. The number of piperidine rings is 1. The summed E-state index contributed by atoms with van der Waals surface area (Å²) in [4.78, 5) is 26.8. The van der Waals surface area contributed by atoms with E-state index in [4.69, 9.17) is 16.3 Å². The second kappa shape index (κ2) is 8.73. The zero-order valence-corrected chi connectivity index (χ0v) is 16.3. The van der Waals surface area contributed by atoms with E-state index in [2.05, 4.69) is 5.32 Å². The number of nitrogens with one attached hydrogen (secondary N) is 1. The SMILES string of the molecule is CC(C)(C)OC(=O)N[C@@H](Cc1ccccc1Cl)C(=O)N1CCC(O)CC1. The molecule has 0 spiro atoms. The first-order valence-corrected chi connectivity index (χ1v) is 9.23. The van der Waals surface area contributed by atoms with Crippen molar-refractivity contribution in [2.45, 2.75) is 57.8 Å². The minimum absolute atomic E-state index is 0.192. The number of aliphatic hydroxyl groups excluding tert-OH is 1. The molecule has 2 N–H and O–H groups in total. The molecule has 1 aromatic carbocycles. The van der Waals surface area contributed by atoms with Crippen molar-refractivity contribution in [2.75, 3.05) is 13.1 Å². The molecule has 0 bridgehead atoms. The molecule has 1 aliphatic rings. The molecule has 1 aliphatic heterocycles. The van der Waals surface area contributed by atoms with Gasteiger partial charge in [-0.2, -0.15) is 0 Å². The molecule has 1 fully saturated rings. The Morgan fingerprint density at radius 3 is 2.50 bits per heavy atom. The number of halogens is 1. The average Bonchev–Trinajstić information content (AvgIpc) is 2.54. The zero-order chi connectivity index (χ0) is 19.3. The van der Waals surface area contributed by atoms with Crippen LogP contribution in [0.4, 0.5) is 4.79 Å². The highest BCUT2D eigenvalue weighted by atomic mass is 35.5. The molecule has 1 heterocycles. The summed E-state index contributed by atoms with van der Waals surface area (Å²) in [5.41, 5.74) is 0.123. The van der Waals surface area contributed by atoms with Crippen LogP contribution < -0.4 is 5.32 Å². The van der Waals surface area contributed by atoms with Gasteiger partial charge >= 0.3 is 6.09 Å². The van der Waals surface area contributed by atoms with Gasteiger partial charge in [0.25, 0.3) is 0 Å². The highest BCUT2D eigenvalue weighted by Crippen LogP contribution is 2.19. The van der Waals surface area contributed by atoms with Gasteiger partial charge in [-0.05, 0) is 45.2 Å². The van der Waals surface area contributed by atoms with Crippen LogP contribution in [-0.2, 0) is 16.0 Å². The van der Waals surface area contributed by atoms with E-state index in [1.807, 2.05) is 18.2 Å². The number of carbonyl (C=O) groups excluding carboxylic acids is 2. The molecular formula is C19H27ClN2O4. The van der Waals surface area contributed by atoms with Gasteiger partial charge < -0.3 is 20.1 Å². The summed E-state index contributed by atoms with van der Waals surface area (Å²) in [6.45, 7) is 6.24. The van der Waals surface area contributed by atoms with E-state index < -0.39 is 17.7 Å². The molecule has 2 amide bonds. The lowest BCUT2D eigenvalue weighted by molar-refractivity contribution is -0.135. The third-order valence-electron chi connectivity index (χ3n) is 4.15. The monoisotopic (exact) mass is 382 g/mol.